The number of hydrogen-bond donors (Lipinski definition) is 2. The van der Waals surface area contributed by atoms with Crippen molar-refractivity contribution >= 4 is 5.78 Å². The predicted octanol–water partition coefficient (Wildman–Crippen LogP) is 1.29. The Bertz CT molecular complexity index is 405. The van der Waals surface area contributed by atoms with Gasteiger partial charge in [0.1, 0.15) is 5.78 Å². The maximum atomic E-state index is 11.3. The maximum Gasteiger partial charge on any atom is 0.132 e. The molecule has 1 saturated carbocycles. The Kier molecular flexibility index (Phi) is 5.10. The van der Waals surface area contributed by atoms with Gasteiger partial charge < -0.3 is 10.2 Å². The molecule has 2 rings (SSSR count). The average Bonchev–Trinajstić information content (AvgIpc) is 2.85. The fourth-order valence-electron chi connectivity index (χ4n) is 2.69. The number of rotatable bonds is 6. The molecule has 106 valence electrons. The molecule has 1 aliphatic rings. The van der Waals surface area contributed by atoms with E-state index in [4.69, 9.17) is 0 Å². The quantitative estimate of drug-likeness (QED) is 0.813. The fraction of sp³-hybridized carbons (Fsp3) is 0.714. The van der Waals surface area contributed by atoms with E-state index in [-0.39, 0.29) is 0 Å². The molecule has 1 heterocycles. The Hall–Kier alpha value is -1.20. The van der Waals surface area contributed by atoms with E-state index in [1.807, 2.05) is 13.2 Å². The number of carbonyl (C=O) groups is 1. The highest BCUT2D eigenvalue weighted by Gasteiger charge is 2.24. The number of aromatic amines is 1. The van der Waals surface area contributed by atoms with Gasteiger partial charge in [-0.15, -0.1) is 0 Å². The molecule has 1 aromatic rings. The first kappa shape index (κ1) is 14.2. The molecule has 0 saturated heterocycles. The zero-order chi connectivity index (χ0) is 13.7. The number of carbonyl (C=O) groups excluding carboxylic acids is 1. The van der Waals surface area contributed by atoms with Crippen LogP contribution in [0.3, 0.4) is 0 Å². The summed E-state index contributed by atoms with van der Waals surface area (Å²) in [6, 6.07) is 0. The van der Waals surface area contributed by atoms with E-state index in [1.54, 1.807) is 0 Å². The van der Waals surface area contributed by atoms with Crippen LogP contribution in [0.25, 0.3) is 0 Å². The molecule has 1 aromatic heterocycles. The highest BCUT2D eigenvalue weighted by atomic mass is 16.1. The van der Waals surface area contributed by atoms with Crippen molar-refractivity contribution in [2.24, 2.45) is 0 Å². The lowest BCUT2D eigenvalue weighted by atomic mass is 9.85. The molecule has 0 spiro atoms. The number of Topliss-reactive ketones (excluding diaryl/α,β-unsaturated/α-hetero) is 1. The molecule has 0 aliphatic heterocycles. The van der Waals surface area contributed by atoms with Gasteiger partial charge in [-0.05, 0) is 26.9 Å². The second-order valence-electron chi connectivity index (χ2n) is 5.45. The summed E-state index contributed by atoms with van der Waals surface area (Å²) in [5, 5.41) is 10.6. The summed E-state index contributed by atoms with van der Waals surface area (Å²) >= 11 is 0. The van der Waals surface area contributed by atoms with E-state index in [0.717, 1.165) is 32.5 Å². The van der Waals surface area contributed by atoms with Crippen molar-refractivity contribution in [1.29, 1.82) is 0 Å². The molecule has 5 heteroatoms. The minimum absolute atomic E-state index is 0.402. The van der Waals surface area contributed by atoms with E-state index in [9.17, 15) is 4.79 Å². The number of aromatic nitrogens is 2. The van der Waals surface area contributed by atoms with Crippen molar-refractivity contribution in [3.63, 3.8) is 0 Å². The van der Waals surface area contributed by atoms with Crippen LogP contribution in [0.1, 0.15) is 42.9 Å². The van der Waals surface area contributed by atoms with Gasteiger partial charge in [-0.25, -0.2) is 0 Å². The molecule has 0 atom stereocenters. The Morgan fingerprint density at radius 2 is 2.21 bits per heavy atom. The van der Waals surface area contributed by atoms with Gasteiger partial charge in [0.25, 0.3) is 0 Å². The van der Waals surface area contributed by atoms with Crippen molar-refractivity contribution in [2.45, 2.75) is 38.1 Å². The maximum absolute atomic E-state index is 11.3. The number of nitrogens with zero attached hydrogens (tertiary/aromatic N) is 2. The number of hydrogen-bond acceptors (Lipinski definition) is 4. The largest absolute Gasteiger partial charge is 0.318 e. The third-order valence-corrected chi connectivity index (χ3v) is 3.87. The number of ketones is 1. The minimum atomic E-state index is 0.402. The number of nitrogens with one attached hydrogen (secondary N) is 2. The van der Waals surface area contributed by atoms with Crippen LogP contribution in [0.2, 0.25) is 0 Å². The first-order valence-electron chi connectivity index (χ1n) is 7.08. The summed E-state index contributed by atoms with van der Waals surface area (Å²) < 4.78 is 0. The standard InChI is InChI=1S/C14H24N4O/c1-15-7-8-18(2)10-12-9-16-17-14(12)11-3-5-13(19)6-4-11/h9,11,15H,3-8,10H2,1-2H3,(H,16,17). The summed E-state index contributed by atoms with van der Waals surface area (Å²) in [7, 11) is 4.09. The molecule has 2 N–H and O–H groups in total. The van der Waals surface area contributed by atoms with Gasteiger partial charge in [0.05, 0.1) is 5.69 Å². The molecule has 0 aromatic carbocycles. The lowest BCUT2D eigenvalue weighted by Gasteiger charge is -2.22. The molecule has 1 fully saturated rings. The van der Waals surface area contributed by atoms with E-state index < -0.39 is 0 Å². The van der Waals surface area contributed by atoms with E-state index >= 15 is 0 Å². The Morgan fingerprint density at radius 3 is 2.89 bits per heavy atom. The molecule has 1 aliphatic carbocycles. The summed E-state index contributed by atoms with van der Waals surface area (Å²) in [6.45, 7) is 2.92. The van der Waals surface area contributed by atoms with Crippen LogP contribution >= 0.6 is 0 Å². The number of likely N-dealkylation sites (N-methyl/N-ethyl adjacent to an activating group) is 2. The van der Waals surface area contributed by atoms with Gasteiger partial charge >= 0.3 is 0 Å². The Balaban J connectivity index is 1.95. The molecular weight excluding hydrogens is 240 g/mol. The molecular formula is C14H24N4O. The first-order chi connectivity index (χ1) is 9.20. The zero-order valence-corrected chi connectivity index (χ0v) is 11.9. The van der Waals surface area contributed by atoms with Crippen molar-refractivity contribution in [2.75, 3.05) is 27.2 Å². The van der Waals surface area contributed by atoms with Gasteiger partial charge in [-0.2, -0.15) is 5.10 Å². The van der Waals surface area contributed by atoms with Gasteiger partial charge in [0.15, 0.2) is 0 Å². The summed E-state index contributed by atoms with van der Waals surface area (Å²) in [5.74, 6) is 0.858. The summed E-state index contributed by atoms with van der Waals surface area (Å²) in [5.41, 5.74) is 2.45. The average molecular weight is 264 g/mol. The summed E-state index contributed by atoms with van der Waals surface area (Å²) in [6.07, 6.45) is 5.34. The Labute approximate surface area is 114 Å². The molecule has 0 radical (unpaired) electrons. The van der Waals surface area contributed by atoms with Crippen LogP contribution in [-0.2, 0) is 11.3 Å². The second-order valence-corrected chi connectivity index (χ2v) is 5.45. The predicted molar refractivity (Wildman–Crippen MR) is 75.1 cm³/mol. The van der Waals surface area contributed by atoms with Crippen LogP contribution in [0.5, 0.6) is 0 Å². The third-order valence-electron chi connectivity index (χ3n) is 3.87. The van der Waals surface area contributed by atoms with Crippen molar-refractivity contribution in [1.82, 2.24) is 20.4 Å². The first-order valence-corrected chi connectivity index (χ1v) is 7.08. The summed E-state index contributed by atoms with van der Waals surface area (Å²) in [4.78, 5) is 13.6. The van der Waals surface area contributed by atoms with Gasteiger partial charge in [0, 0.05) is 50.2 Å². The second kappa shape index (κ2) is 6.82. The molecule has 5 nitrogen and oxygen atoms in total. The highest BCUT2D eigenvalue weighted by molar-refractivity contribution is 5.79. The van der Waals surface area contributed by atoms with Crippen LogP contribution in [0.4, 0.5) is 0 Å². The van der Waals surface area contributed by atoms with Crippen molar-refractivity contribution in [3.05, 3.63) is 17.5 Å². The van der Waals surface area contributed by atoms with E-state index in [2.05, 4.69) is 27.5 Å². The van der Waals surface area contributed by atoms with Crippen LogP contribution < -0.4 is 5.32 Å². The SMILES string of the molecule is CNCCN(C)Cc1c[nH]nc1C1CCC(=O)CC1. The fourth-order valence-corrected chi connectivity index (χ4v) is 2.69. The van der Waals surface area contributed by atoms with Gasteiger partial charge in [-0.3, -0.25) is 9.89 Å². The smallest absolute Gasteiger partial charge is 0.132 e. The molecule has 0 amide bonds. The van der Waals surface area contributed by atoms with Gasteiger partial charge in [0.2, 0.25) is 0 Å². The normalized spacial score (nSPS) is 17.3. The number of H-pyrrole nitrogens is 1. The minimum Gasteiger partial charge on any atom is -0.318 e. The topological polar surface area (TPSA) is 61.0 Å². The van der Waals surface area contributed by atoms with Crippen LogP contribution in [0, 0.1) is 0 Å². The van der Waals surface area contributed by atoms with Gasteiger partial charge in [-0.1, -0.05) is 0 Å². The Morgan fingerprint density at radius 1 is 1.47 bits per heavy atom. The zero-order valence-electron chi connectivity index (χ0n) is 11.9. The van der Waals surface area contributed by atoms with Crippen molar-refractivity contribution in [3.8, 4) is 0 Å². The van der Waals surface area contributed by atoms with E-state index in [1.165, 1.54) is 11.3 Å². The molecule has 0 unspecified atom stereocenters. The van der Waals surface area contributed by atoms with Crippen molar-refractivity contribution < 1.29 is 4.79 Å². The van der Waals surface area contributed by atoms with E-state index in [0.29, 0.717) is 24.5 Å². The lowest BCUT2D eigenvalue weighted by molar-refractivity contribution is -0.120. The third kappa shape index (κ3) is 3.88. The molecule has 19 heavy (non-hydrogen) atoms. The molecule has 0 bridgehead atoms. The van der Waals surface area contributed by atoms with Crippen LogP contribution in [-0.4, -0.2) is 48.1 Å². The highest BCUT2D eigenvalue weighted by Crippen LogP contribution is 2.32. The monoisotopic (exact) mass is 264 g/mol. The van der Waals surface area contributed by atoms with Crippen LogP contribution in [0.15, 0.2) is 6.20 Å². The lowest BCUT2D eigenvalue weighted by Crippen LogP contribution is -2.27.